The van der Waals surface area contributed by atoms with E-state index in [4.69, 9.17) is 18.6 Å². The van der Waals surface area contributed by atoms with Gasteiger partial charge in [-0.2, -0.15) is 0 Å². The molecule has 0 amide bonds. The molecule has 0 aliphatic carbocycles. The van der Waals surface area contributed by atoms with Crippen molar-refractivity contribution < 1.29 is 59.2 Å². The molecule has 7 N–H and O–H groups in total. The fourth-order valence-corrected chi connectivity index (χ4v) is 3.84. The van der Waals surface area contributed by atoms with Crippen molar-refractivity contribution in [2.75, 3.05) is 0 Å². The summed E-state index contributed by atoms with van der Waals surface area (Å²) in [5.41, 5.74) is -1.50. The molecule has 0 spiro atoms. The molecule has 1 saturated heterocycles. The lowest BCUT2D eigenvalue weighted by atomic mass is 9.99. The Balaban J connectivity index is 1.91. The molecule has 2 aromatic carbocycles. The maximum Gasteiger partial charge on any atom is 0.303 e. The van der Waals surface area contributed by atoms with E-state index in [1.165, 1.54) is 6.92 Å². The van der Waals surface area contributed by atoms with E-state index in [2.05, 4.69) is 0 Å². The molecule has 0 unspecified atom stereocenters. The topological polar surface area (TPSA) is 217 Å². The highest BCUT2D eigenvalue weighted by Gasteiger charge is 2.47. The van der Waals surface area contributed by atoms with Crippen LogP contribution in [0.25, 0.3) is 22.3 Å². The minimum absolute atomic E-state index is 0.186. The number of aromatic hydroxyl groups is 5. The number of phenolic OH excluding ortho intramolecular Hbond substituents is 5. The summed E-state index contributed by atoms with van der Waals surface area (Å²) in [6.07, 6.45) is -7.46. The summed E-state index contributed by atoms with van der Waals surface area (Å²) < 4.78 is 21.8. The van der Waals surface area contributed by atoms with Crippen LogP contribution in [-0.2, 0) is 14.3 Å². The quantitative estimate of drug-likeness (QED) is 0.192. The van der Waals surface area contributed by atoms with Crippen LogP contribution in [0.2, 0.25) is 0 Å². The SMILES string of the molecule is CC(=O)O[C@@H]1[C@@H](O)[C@H](C)O[C@@H](Oc2c(-c3cc(O)c(O)c(O)c3)oc3cc(O)cc(O)c3c2=O)[C@@H]1O. The van der Waals surface area contributed by atoms with Crippen molar-refractivity contribution in [1.82, 2.24) is 0 Å². The second kappa shape index (κ2) is 9.11. The average Bonchev–Trinajstić information content (AvgIpc) is 2.79. The van der Waals surface area contributed by atoms with Gasteiger partial charge in [-0.1, -0.05) is 0 Å². The molecule has 4 rings (SSSR count). The van der Waals surface area contributed by atoms with Crippen LogP contribution in [0, 0.1) is 0 Å². The minimum Gasteiger partial charge on any atom is -0.508 e. The van der Waals surface area contributed by atoms with Crippen LogP contribution in [0.3, 0.4) is 0 Å². The maximum absolute atomic E-state index is 13.4. The van der Waals surface area contributed by atoms with E-state index in [-0.39, 0.29) is 11.1 Å². The van der Waals surface area contributed by atoms with E-state index in [0.717, 1.165) is 31.2 Å². The van der Waals surface area contributed by atoms with Crippen LogP contribution >= 0.6 is 0 Å². The first kappa shape index (κ1) is 24.9. The fraction of sp³-hybridized carbons (Fsp3) is 0.304. The molecule has 5 atom stereocenters. The Morgan fingerprint density at radius 3 is 2.19 bits per heavy atom. The van der Waals surface area contributed by atoms with Crippen molar-refractivity contribution in [3.8, 4) is 45.8 Å². The zero-order chi connectivity index (χ0) is 26.5. The van der Waals surface area contributed by atoms with E-state index in [0.29, 0.717) is 0 Å². The number of rotatable bonds is 4. The van der Waals surface area contributed by atoms with Gasteiger partial charge in [0.2, 0.25) is 17.5 Å². The lowest BCUT2D eigenvalue weighted by Crippen LogP contribution is -2.59. The van der Waals surface area contributed by atoms with Crippen LogP contribution in [0.1, 0.15) is 13.8 Å². The van der Waals surface area contributed by atoms with Gasteiger partial charge in [0, 0.05) is 24.6 Å². The minimum atomic E-state index is -1.79. The summed E-state index contributed by atoms with van der Waals surface area (Å²) in [5, 5.41) is 70.2. The Hall–Kier alpha value is -4.20. The summed E-state index contributed by atoms with van der Waals surface area (Å²) in [5.74, 6) is -5.47. The van der Waals surface area contributed by atoms with Crippen LogP contribution in [0.5, 0.6) is 34.5 Å². The summed E-state index contributed by atoms with van der Waals surface area (Å²) in [6, 6.07) is 3.76. The number of carbonyl (C=O) groups excluding carboxylic acids is 1. The highest BCUT2D eigenvalue weighted by Crippen LogP contribution is 2.43. The van der Waals surface area contributed by atoms with Gasteiger partial charge in [-0.3, -0.25) is 9.59 Å². The van der Waals surface area contributed by atoms with Gasteiger partial charge in [0.1, 0.15) is 28.6 Å². The normalized spacial score (nSPS) is 23.9. The largest absolute Gasteiger partial charge is 0.508 e. The first-order valence-electron chi connectivity index (χ1n) is 10.5. The molecule has 0 saturated carbocycles. The lowest BCUT2D eigenvalue weighted by Gasteiger charge is -2.40. The molecule has 36 heavy (non-hydrogen) atoms. The second-order valence-corrected chi connectivity index (χ2v) is 8.17. The van der Waals surface area contributed by atoms with Crippen molar-refractivity contribution >= 4 is 16.9 Å². The molecule has 1 aromatic heterocycles. The Kier molecular flexibility index (Phi) is 6.30. The second-order valence-electron chi connectivity index (χ2n) is 8.17. The van der Waals surface area contributed by atoms with Gasteiger partial charge in [0.25, 0.3) is 0 Å². The van der Waals surface area contributed by atoms with Gasteiger partial charge in [0.05, 0.1) is 6.10 Å². The van der Waals surface area contributed by atoms with Gasteiger partial charge < -0.3 is 54.4 Å². The van der Waals surface area contributed by atoms with Crippen LogP contribution < -0.4 is 10.2 Å². The predicted octanol–water partition coefficient (Wildman–Crippen LogP) is 0.765. The van der Waals surface area contributed by atoms with Gasteiger partial charge >= 0.3 is 5.97 Å². The van der Waals surface area contributed by atoms with E-state index in [1.807, 2.05) is 0 Å². The van der Waals surface area contributed by atoms with Gasteiger partial charge in [-0.15, -0.1) is 0 Å². The predicted molar refractivity (Wildman–Crippen MR) is 119 cm³/mol. The molecular formula is C23H22O13. The number of carbonyl (C=O) groups is 1. The molecule has 13 nitrogen and oxygen atoms in total. The third-order valence-electron chi connectivity index (χ3n) is 5.57. The fourth-order valence-electron chi connectivity index (χ4n) is 3.84. The monoisotopic (exact) mass is 506 g/mol. The maximum atomic E-state index is 13.4. The number of ether oxygens (including phenoxy) is 3. The molecule has 192 valence electrons. The zero-order valence-electron chi connectivity index (χ0n) is 18.8. The standard InChI is InChI=1S/C23H22O13/c1-7-16(29)21(34-8(2)24)19(32)23(33-7)36-22-18(31)15-11(26)5-10(25)6-14(15)35-20(22)9-3-12(27)17(30)13(28)4-9/h3-7,16,19,21,23,25-30,32H,1-2H3/t7-,16-,19+,21+,23-/m0/s1. The summed E-state index contributed by atoms with van der Waals surface area (Å²) >= 11 is 0. The van der Waals surface area contributed by atoms with Crippen LogP contribution in [0.15, 0.2) is 33.5 Å². The average molecular weight is 506 g/mol. The van der Waals surface area contributed by atoms with E-state index in [9.17, 15) is 45.3 Å². The highest BCUT2D eigenvalue weighted by molar-refractivity contribution is 5.88. The smallest absolute Gasteiger partial charge is 0.303 e. The Labute approximate surface area is 201 Å². The summed E-state index contributed by atoms with van der Waals surface area (Å²) in [4.78, 5) is 24.9. The molecule has 13 heteroatoms. The molecule has 3 aromatic rings. The number of fused-ring (bicyclic) bond motifs is 1. The molecule has 2 heterocycles. The van der Waals surface area contributed by atoms with Crippen molar-refractivity contribution in [3.05, 3.63) is 34.5 Å². The number of benzene rings is 2. The van der Waals surface area contributed by atoms with Crippen LogP contribution in [-0.4, -0.2) is 72.4 Å². The van der Waals surface area contributed by atoms with Gasteiger partial charge in [-0.25, -0.2) is 0 Å². The third-order valence-corrected chi connectivity index (χ3v) is 5.57. The molecular weight excluding hydrogens is 484 g/mol. The van der Waals surface area contributed by atoms with Crippen molar-refractivity contribution in [1.29, 1.82) is 0 Å². The van der Waals surface area contributed by atoms with Gasteiger partial charge in [-0.05, 0) is 19.1 Å². The number of aliphatic hydroxyl groups excluding tert-OH is 2. The highest BCUT2D eigenvalue weighted by atomic mass is 16.7. The van der Waals surface area contributed by atoms with Gasteiger partial charge in [0.15, 0.2) is 35.2 Å². The van der Waals surface area contributed by atoms with E-state index in [1.54, 1.807) is 0 Å². The third kappa shape index (κ3) is 4.30. The van der Waals surface area contributed by atoms with E-state index >= 15 is 0 Å². The molecule has 0 radical (unpaired) electrons. The Morgan fingerprint density at radius 2 is 1.58 bits per heavy atom. The lowest BCUT2D eigenvalue weighted by molar-refractivity contribution is -0.272. The first-order chi connectivity index (χ1) is 16.9. The Morgan fingerprint density at radius 1 is 0.944 bits per heavy atom. The van der Waals surface area contributed by atoms with Crippen molar-refractivity contribution in [2.24, 2.45) is 0 Å². The molecule has 1 aliphatic heterocycles. The zero-order valence-corrected chi connectivity index (χ0v) is 18.8. The van der Waals surface area contributed by atoms with E-state index < -0.39 is 87.7 Å². The first-order valence-corrected chi connectivity index (χ1v) is 10.5. The molecule has 1 aliphatic rings. The van der Waals surface area contributed by atoms with Crippen molar-refractivity contribution in [2.45, 2.75) is 44.6 Å². The molecule has 1 fully saturated rings. The Bertz CT molecular complexity index is 1370. The number of hydrogen-bond donors (Lipinski definition) is 7. The number of hydrogen-bond acceptors (Lipinski definition) is 13. The van der Waals surface area contributed by atoms with Crippen LogP contribution in [0.4, 0.5) is 0 Å². The number of phenols is 5. The number of aliphatic hydroxyl groups is 2. The molecule has 0 bridgehead atoms. The summed E-state index contributed by atoms with van der Waals surface area (Å²) in [6.45, 7) is 2.46. The summed E-state index contributed by atoms with van der Waals surface area (Å²) in [7, 11) is 0. The number of esters is 1. The van der Waals surface area contributed by atoms with Crippen molar-refractivity contribution in [3.63, 3.8) is 0 Å².